The molecule has 1 aromatic heterocycles. The van der Waals surface area contributed by atoms with Crippen molar-refractivity contribution in [1.29, 1.82) is 0 Å². The molecule has 0 aromatic carbocycles. The van der Waals surface area contributed by atoms with Gasteiger partial charge in [-0.1, -0.05) is 25.3 Å². The summed E-state index contributed by atoms with van der Waals surface area (Å²) in [5.74, 6) is -0.454. The van der Waals surface area contributed by atoms with Crippen molar-refractivity contribution in [1.82, 2.24) is 14.2 Å². The van der Waals surface area contributed by atoms with Crippen molar-refractivity contribution in [3.05, 3.63) is 24.4 Å². The van der Waals surface area contributed by atoms with Crippen molar-refractivity contribution in [2.45, 2.75) is 61.2 Å². The molecular weight excluding hydrogens is 368 g/mol. The Morgan fingerprint density at radius 2 is 1.96 bits per heavy atom. The number of likely N-dealkylation sites (tertiary alicyclic amines) is 1. The van der Waals surface area contributed by atoms with E-state index in [4.69, 9.17) is 5.73 Å². The lowest BCUT2D eigenvalue weighted by molar-refractivity contribution is -0.142. The van der Waals surface area contributed by atoms with Gasteiger partial charge >= 0.3 is 0 Å². The van der Waals surface area contributed by atoms with Gasteiger partial charge < -0.3 is 10.6 Å². The maximum atomic E-state index is 13.1. The molecule has 1 saturated carbocycles. The molecule has 0 radical (unpaired) electrons. The van der Waals surface area contributed by atoms with Gasteiger partial charge in [0, 0.05) is 12.7 Å². The third kappa shape index (κ3) is 2.97. The van der Waals surface area contributed by atoms with Crippen LogP contribution in [0.3, 0.4) is 0 Å². The second-order valence-corrected chi connectivity index (χ2v) is 9.54. The van der Waals surface area contributed by atoms with Crippen LogP contribution >= 0.6 is 0 Å². The zero-order chi connectivity index (χ0) is 19.2. The molecule has 9 heteroatoms. The van der Waals surface area contributed by atoms with Gasteiger partial charge in [-0.3, -0.25) is 9.59 Å². The smallest absolute Gasteiger partial charge is 0.261 e. The first kappa shape index (κ1) is 18.5. The summed E-state index contributed by atoms with van der Waals surface area (Å²) in [7, 11) is -3.88. The third-order valence-corrected chi connectivity index (χ3v) is 7.81. The summed E-state index contributed by atoms with van der Waals surface area (Å²) in [6.07, 6.45) is 5.94. The van der Waals surface area contributed by atoms with Crippen LogP contribution in [0.2, 0.25) is 0 Å². The van der Waals surface area contributed by atoms with Gasteiger partial charge in [-0.05, 0) is 31.4 Å². The maximum absolute atomic E-state index is 13.1. The van der Waals surface area contributed by atoms with Crippen LogP contribution in [0.4, 0.5) is 0 Å². The quantitative estimate of drug-likeness (QED) is 0.791. The minimum Gasteiger partial charge on any atom is -0.329 e. The fourth-order valence-electron chi connectivity index (χ4n) is 4.62. The SMILES string of the molecule is NC1(C(=O)N2CCC3C2C(=O)CN3S(=O)(=O)c2ccccn2)CCCCC1. The lowest BCUT2D eigenvalue weighted by Gasteiger charge is -2.37. The number of fused-ring (bicyclic) bond motifs is 1. The number of amides is 1. The number of nitrogens with zero attached hydrogens (tertiary/aromatic N) is 3. The van der Waals surface area contributed by atoms with Crippen LogP contribution in [0.1, 0.15) is 38.5 Å². The summed E-state index contributed by atoms with van der Waals surface area (Å²) in [5, 5.41) is -0.0780. The molecular formula is C18H24N4O4S. The van der Waals surface area contributed by atoms with E-state index in [-0.39, 0.29) is 23.3 Å². The number of ketones is 1. The molecule has 4 rings (SSSR count). The Morgan fingerprint density at radius 1 is 1.22 bits per heavy atom. The van der Waals surface area contributed by atoms with Crippen molar-refractivity contribution in [2.75, 3.05) is 13.1 Å². The molecule has 27 heavy (non-hydrogen) atoms. The van der Waals surface area contributed by atoms with Crippen molar-refractivity contribution in [2.24, 2.45) is 5.73 Å². The minimum atomic E-state index is -3.88. The fraction of sp³-hybridized carbons (Fsp3) is 0.611. The number of pyridine rings is 1. The Labute approximate surface area is 158 Å². The average Bonchev–Trinajstić information content (AvgIpc) is 3.24. The fourth-order valence-corrected chi connectivity index (χ4v) is 6.18. The Bertz CT molecular complexity index is 851. The zero-order valence-electron chi connectivity index (χ0n) is 15.1. The molecule has 2 saturated heterocycles. The molecule has 1 amide bonds. The first-order valence-electron chi connectivity index (χ1n) is 9.40. The number of hydrogen-bond acceptors (Lipinski definition) is 6. The number of carbonyl (C=O) groups excluding carboxylic acids is 2. The highest BCUT2D eigenvalue weighted by atomic mass is 32.2. The highest BCUT2D eigenvalue weighted by molar-refractivity contribution is 7.89. The minimum absolute atomic E-state index is 0.0780. The normalized spacial score (nSPS) is 28.3. The van der Waals surface area contributed by atoms with E-state index in [9.17, 15) is 18.0 Å². The van der Waals surface area contributed by atoms with Crippen molar-refractivity contribution < 1.29 is 18.0 Å². The standard InChI is InChI=1S/C18H24N4O4S/c19-18(8-3-1-4-9-18)17(24)21-11-7-13-16(21)14(23)12-22(13)27(25,26)15-6-2-5-10-20-15/h2,5-6,10,13,16H,1,3-4,7-9,11-12,19H2. The Kier molecular flexibility index (Phi) is 4.56. The monoisotopic (exact) mass is 392 g/mol. The molecule has 1 aliphatic carbocycles. The van der Waals surface area contributed by atoms with Crippen LogP contribution < -0.4 is 5.73 Å². The van der Waals surface area contributed by atoms with E-state index in [1.54, 1.807) is 12.1 Å². The molecule has 2 atom stereocenters. The Hall–Kier alpha value is -1.84. The highest BCUT2D eigenvalue weighted by Crippen LogP contribution is 2.36. The Morgan fingerprint density at radius 3 is 2.63 bits per heavy atom. The van der Waals surface area contributed by atoms with Gasteiger partial charge in [0.25, 0.3) is 10.0 Å². The first-order chi connectivity index (χ1) is 12.8. The molecule has 146 valence electrons. The van der Waals surface area contributed by atoms with Gasteiger partial charge in [-0.15, -0.1) is 0 Å². The molecule has 2 unspecified atom stereocenters. The van der Waals surface area contributed by atoms with Crippen molar-refractivity contribution >= 4 is 21.7 Å². The van der Waals surface area contributed by atoms with E-state index in [1.807, 2.05) is 0 Å². The topological polar surface area (TPSA) is 114 Å². The van der Waals surface area contributed by atoms with Crippen molar-refractivity contribution in [3.63, 3.8) is 0 Å². The molecule has 3 heterocycles. The van der Waals surface area contributed by atoms with E-state index >= 15 is 0 Å². The molecule has 0 spiro atoms. The number of aromatic nitrogens is 1. The summed E-state index contributed by atoms with van der Waals surface area (Å²) in [4.78, 5) is 31.3. The van der Waals surface area contributed by atoms with Crippen molar-refractivity contribution in [3.8, 4) is 0 Å². The number of nitrogens with two attached hydrogens (primary N) is 1. The molecule has 3 fully saturated rings. The van der Waals surface area contributed by atoms with Gasteiger partial charge in [-0.2, -0.15) is 4.31 Å². The van der Waals surface area contributed by atoms with E-state index in [2.05, 4.69) is 4.98 Å². The van der Waals surface area contributed by atoms with Gasteiger partial charge in [0.05, 0.1) is 18.1 Å². The van der Waals surface area contributed by atoms with Gasteiger partial charge in [0.15, 0.2) is 10.8 Å². The maximum Gasteiger partial charge on any atom is 0.261 e. The summed E-state index contributed by atoms with van der Waals surface area (Å²) in [5.41, 5.74) is 5.45. The van der Waals surface area contributed by atoms with Crippen LogP contribution in [0, 0.1) is 0 Å². The molecule has 0 bridgehead atoms. The number of hydrogen-bond donors (Lipinski definition) is 1. The van der Waals surface area contributed by atoms with Crippen LogP contribution in [0.15, 0.2) is 29.4 Å². The summed E-state index contributed by atoms with van der Waals surface area (Å²) in [6.45, 7) is 0.128. The zero-order valence-corrected chi connectivity index (χ0v) is 15.9. The molecule has 1 aromatic rings. The number of rotatable bonds is 3. The summed E-state index contributed by atoms with van der Waals surface area (Å²) >= 11 is 0. The van der Waals surface area contributed by atoms with E-state index < -0.39 is 27.6 Å². The second kappa shape index (κ2) is 6.65. The molecule has 2 aliphatic heterocycles. The summed E-state index contributed by atoms with van der Waals surface area (Å²) in [6, 6.07) is 3.37. The average molecular weight is 392 g/mol. The molecule has 2 N–H and O–H groups in total. The lowest BCUT2D eigenvalue weighted by atomic mass is 9.81. The predicted molar refractivity (Wildman–Crippen MR) is 97.0 cm³/mol. The van der Waals surface area contributed by atoms with Crippen LogP contribution in [0.5, 0.6) is 0 Å². The Balaban J connectivity index is 1.59. The number of sulfonamides is 1. The first-order valence-corrected chi connectivity index (χ1v) is 10.8. The lowest BCUT2D eigenvalue weighted by Crippen LogP contribution is -2.58. The second-order valence-electron chi connectivity index (χ2n) is 7.70. The molecule has 3 aliphatic rings. The van der Waals surface area contributed by atoms with Gasteiger partial charge in [0.2, 0.25) is 5.91 Å². The molecule has 8 nitrogen and oxygen atoms in total. The van der Waals surface area contributed by atoms with Crippen LogP contribution in [0.25, 0.3) is 0 Å². The highest BCUT2D eigenvalue weighted by Gasteiger charge is 2.56. The van der Waals surface area contributed by atoms with Crippen LogP contribution in [-0.4, -0.2) is 65.0 Å². The van der Waals surface area contributed by atoms with E-state index in [1.165, 1.54) is 21.5 Å². The number of carbonyl (C=O) groups is 2. The third-order valence-electron chi connectivity index (χ3n) is 6.02. The van der Waals surface area contributed by atoms with Gasteiger partial charge in [0.1, 0.15) is 6.04 Å². The van der Waals surface area contributed by atoms with Gasteiger partial charge in [-0.25, -0.2) is 13.4 Å². The van der Waals surface area contributed by atoms with E-state index in [0.29, 0.717) is 25.8 Å². The summed E-state index contributed by atoms with van der Waals surface area (Å²) < 4.78 is 27.1. The van der Waals surface area contributed by atoms with E-state index in [0.717, 1.165) is 19.3 Å². The predicted octanol–water partition coefficient (Wildman–Crippen LogP) is 0.286. The number of Topliss-reactive ketones (excluding diaryl/α,β-unsaturated/α-hetero) is 1. The largest absolute Gasteiger partial charge is 0.329 e. The van der Waals surface area contributed by atoms with Crippen LogP contribution in [-0.2, 0) is 19.6 Å².